The van der Waals surface area contributed by atoms with E-state index in [-0.39, 0.29) is 0 Å². The summed E-state index contributed by atoms with van der Waals surface area (Å²) < 4.78 is 18.8. The molecule has 0 atom stereocenters. The van der Waals surface area contributed by atoms with Crippen molar-refractivity contribution in [3.63, 3.8) is 0 Å². The van der Waals surface area contributed by atoms with E-state index < -0.39 is 12.6 Å². The molecule has 0 saturated carbocycles. The SMILES string of the molecule is C=C(/C=C\C1=C(C)C2(c3ccccc3Oc3ccccc32)c2ccccc21)c1ccc(P(C)(C)=O)cc1. The predicted molar refractivity (Wildman–Crippen MR) is 156 cm³/mol. The lowest BCUT2D eigenvalue weighted by Gasteiger charge is -2.39. The van der Waals surface area contributed by atoms with Crippen LogP contribution in [0.4, 0.5) is 0 Å². The van der Waals surface area contributed by atoms with E-state index in [1.807, 2.05) is 36.4 Å². The molecule has 3 heteroatoms. The Balaban J connectivity index is 1.50. The lowest BCUT2D eigenvalue weighted by atomic mass is 9.66. The first-order chi connectivity index (χ1) is 17.8. The Hall–Kier alpha value is -3.87. The van der Waals surface area contributed by atoms with Crippen LogP contribution < -0.4 is 10.0 Å². The molecule has 0 unspecified atom stereocenters. The first kappa shape index (κ1) is 23.5. The van der Waals surface area contributed by atoms with E-state index in [1.54, 1.807) is 13.3 Å². The maximum absolute atomic E-state index is 12.4. The van der Waals surface area contributed by atoms with Gasteiger partial charge in [-0.2, -0.15) is 0 Å². The number of allylic oxidation sites excluding steroid dienone is 5. The second-order valence-electron chi connectivity index (χ2n) is 10.2. The number of ether oxygens (including phenoxy) is 1. The minimum Gasteiger partial charge on any atom is -0.457 e. The molecule has 37 heavy (non-hydrogen) atoms. The fourth-order valence-corrected chi connectivity index (χ4v) is 6.74. The fraction of sp³-hybridized carbons (Fsp3) is 0.118. The number of fused-ring (bicyclic) bond motifs is 6. The minimum absolute atomic E-state index is 0.423. The number of benzene rings is 4. The molecule has 0 fully saturated rings. The molecule has 0 radical (unpaired) electrons. The van der Waals surface area contributed by atoms with Crippen LogP contribution in [0.15, 0.2) is 121 Å². The maximum atomic E-state index is 12.4. The molecule has 1 aliphatic heterocycles. The van der Waals surface area contributed by atoms with E-state index in [0.29, 0.717) is 0 Å². The molecule has 0 bridgehead atoms. The summed E-state index contributed by atoms with van der Waals surface area (Å²) in [7, 11) is -2.28. The van der Waals surface area contributed by atoms with E-state index in [2.05, 4.69) is 86.3 Å². The van der Waals surface area contributed by atoms with Crippen molar-refractivity contribution in [1.29, 1.82) is 0 Å². The standard InChI is InChI=1S/C34H29O2P/c1-23(25-18-20-26(21-19-25)37(3,4)35)17-22-27-24(2)34(29-12-6-5-11-28(27)29)30-13-7-9-15-32(30)36-33-16-10-8-14-31(33)34/h5-22H,1H2,2-4H3/b22-17-. The molecule has 4 aromatic rings. The van der Waals surface area contributed by atoms with Crippen molar-refractivity contribution in [2.75, 3.05) is 13.3 Å². The Morgan fingerprint density at radius 3 is 1.92 bits per heavy atom. The largest absolute Gasteiger partial charge is 0.457 e. The van der Waals surface area contributed by atoms with Gasteiger partial charge >= 0.3 is 0 Å². The van der Waals surface area contributed by atoms with Crippen molar-refractivity contribution >= 4 is 23.6 Å². The van der Waals surface area contributed by atoms with Crippen LogP contribution in [0, 0.1) is 0 Å². The highest BCUT2D eigenvalue weighted by Crippen LogP contribution is 2.60. The maximum Gasteiger partial charge on any atom is 0.132 e. The Kier molecular flexibility index (Phi) is 5.48. The molecule has 0 saturated heterocycles. The molecule has 4 aromatic carbocycles. The minimum atomic E-state index is -2.28. The summed E-state index contributed by atoms with van der Waals surface area (Å²) >= 11 is 0. The molecule has 0 N–H and O–H groups in total. The summed E-state index contributed by atoms with van der Waals surface area (Å²) in [5.74, 6) is 1.79. The average Bonchev–Trinajstić information content (AvgIpc) is 3.15. The van der Waals surface area contributed by atoms with Crippen LogP contribution in [0.2, 0.25) is 0 Å². The highest BCUT2D eigenvalue weighted by atomic mass is 31.2. The van der Waals surface area contributed by atoms with Crippen LogP contribution in [0.5, 0.6) is 11.5 Å². The van der Waals surface area contributed by atoms with E-state index in [4.69, 9.17) is 4.74 Å². The van der Waals surface area contributed by atoms with Gasteiger partial charge in [0.25, 0.3) is 0 Å². The molecular formula is C34H29O2P. The average molecular weight is 501 g/mol. The number of hydrogen-bond donors (Lipinski definition) is 0. The summed E-state index contributed by atoms with van der Waals surface area (Å²) in [6.07, 6.45) is 4.29. The molecule has 6 rings (SSSR count). The van der Waals surface area contributed by atoms with E-state index in [9.17, 15) is 4.57 Å². The summed E-state index contributed by atoms with van der Waals surface area (Å²) in [5.41, 5.74) is 8.82. The molecule has 1 heterocycles. The van der Waals surface area contributed by atoms with Crippen LogP contribution in [0.3, 0.4) is 0 Å². The predicted octanol–water partition coefficient (Wildman–Crippen LogP) is 8.43. The Morgan fingerprint density at radius 2 is 1.32 bits per heavy atom. The molecule has 0 aromatic heterocycles. The normalized spacial score (nSPS) is 15.3. The summed E-state index contributed by atoms with van der Waals surface area (Å²) in [4.78, 5) is 0. The van der Waals surface area contributed by atoms with Crippen molar-refractivity contribution in [2.45, 2.75) is 12.3 Å². The number of para-hydroxylation sites is 2. The third-order valence-electron chi connectivity index (χ3n) is 7.70. The number of hydrogen-bond acceptors (Lipinski definition) is 2. The highest BCUT2D eigenvalue weighted by Gasteiger charge is 2.50. The van der Waals surface area contributed by atoms with Crippen LogP contribution in [0.25, 0.3) is 11.1 Å². The Labute approximate surface area is 219 Å². The summed E-state index contributed by atoms with van der Waals surface area (Å²) in [6, 6.07) is 33.4. The van der Waals surface area contributed by atoms with E-state index in [0.717, 1.165) is 27.9 Å². The van der Waals surface area contributed by atoms with Crippen molar-refractivity contribution in [3.8, 4) is 11.5 Å². The van der Waals surface area contributed by atoms with Gasteiger partial charge in [-0.25, -0.2) is 0 Å². The summed E-state index contributed by atoms with van der Waals surface area (Å²) in [5, 5.41) is 0.884. The second-order valence-corrected chi connectivity index (χ2v) is 13.4. The van der Waals surface area contributed by atoms with Gasteiger partial charge in [-0.15, -0.1) is 0 Å². The Morgan fingerprint density at radius 1 is 0.784 bits per heavy atom. The number of rotatable bonds is 4. The van der Waals surface area contributed by atoms with Gasteiger partial charge in [0.2, 0.25) is 0 Å². The van der Waals surface area contributed by atoms with Gasteiger partial charge in [-0.1, -0.05) is 104 Å². The first-order valence-corrected chi connectivity index (χ1v) is 15.1. The van der Waals surface area contributed by atoms with Gasteiger partial charge in [0.05, 0.1) is 5.41 Å². The van der Waals surface area contributed by atoms with E-state index in [1.165, 1.54) is 33.4 Å². The molecule has 0 amide bonds. The lowest BCUT2D eigenvalue weighted by molar-refractivity contribution is 0.434. The second kappa shape index (κ2) is 8.61. The summed E-state index contributed by atoms with van der Waals surface area (Å²) in [6.45, 7) is 10.2. The first-order valence-electron chi connectivity index (χ1n) is 12.5. The molecule has 2 aliphatic rings. The van der Waals surface area contributed by atoms with Gasteiger partial charge in [-0.3, -0.25) is 0 Å². The van der Waals surface area contributed by atoms with Crippen molar-refractivity contribution in [1.82, 2.24) is 0 Å². The quantitative estimate of drug-likeness (QED) is 0.208. The van der Waals surface area contributed by atoms with Gasteiger partial charge in [0.15, 0.2) is 0 Å². The van der Waals surface area contributed by atoms with E-state index >= 15 is 0 Å². The van der Waals surface area contributed by atoms with Crippen LogP contribution >= 0.6 is 7.14 Å². The third-order valence-corrected chi connectivity index (χ3v) is 9.24. The zero-order valence-electron chi connectivity index (χ0n) is 21.4. The zero-order chi connectivity index (χ0) is 25.8. The molecule has 182 valence electrons. The van der Waals surface area contributed by atoms with Crippen LogP contribution in [-0.2, 0) is 9.98 Å². The van der Waals surface area contributed by atoms with Crippen molar-refractivity contribution in [2.24, 2.45) is 0 Å². The zero-order valence-corrected chi connectivity index (χ0v) is 22.3. The van der Waals surface area contributed by atoms with Gasteiger partial charge in [0, 0.05) is 16.4 Å². The molecule has 2 nitrogen and oxygen atoms in total. The smallest absolute Gasteiger partial charge is 0.132 e. The van der Waals surface area contributed by atoms with Gasteiger partial charge in [0.1, 0.15) is 18.6 Å². The van der Waals surface area contributed by atoms with Gasteiger partial charge in [-0.05, 0) is 65.8 Å². The topological polar surface area (TPSA) is 26.3 Å². The van der Waals surface area contributed by atoms with Crippen molar-refractivity contribution in [3.05, 3.63) is 149 Å². The lowest BCUT2D eigenvalue weighted by Crippen LogP contribution is -2.32. The van der Waals surface area contributed by atoms with Gasteiger partial charge < -0.3 is 9.30 Å². The molecule has 1 spiro atoms. The van der Waals surface area contributed by atoms with Crippen molar-refractivity contribution < 1.29 is 9.30 Å². The third kappa shape index (κ3) is 3.59. The Bertz CT molecular complexity index is 1620. The highest BCUT2D eigenvalue weighted by molar-refractivity contribution is 7.70. The monoisotopic (exact) mass is 500 g/mol. The molecular weight excluding hydrogens is 471 g/mol. The molecule has 1 aliphatic carbocycles. The fourth-order valence-electron chi connectivity index (χ4n) is 5.87. The van der Waals surface area contributed by atoms with Crippen LogP contribution in [-0.4, -0.2) is 13.3 Å². The van der Waals surface area contributed by atoms with Crippen LogP contribution in [0.1, 0.15) is 34.7 Å².